The fourth-order valence-electron chi connectivity index (χ4n) is 4.31. The van der Waals surface area contributed by atoms with Gasteiger partial charge >= 0.3 is 5.97 Å². The number of thioether (sulfide) groups is 1. The van der Waals surface area contributed by atoms with E-state index in [1.165, 1.54) is 37.1 Å². The van der Waals surface area contributed by atoms with E-state index in [0.29, 0.717) is 21.9 Å². The van der Waals surface area contributed by atoms with Crippen molar-refractivity contribution in [2.45, 2.75) is 51.4 Å². The number of Topliss-reactive ketones (excluding diaryl/α,β-unsaturated/α-hetero) is 2. The number of aliphatic carboxylic acids is 1. The highest BCUT2D eigenvalue weighted by molar-refractivity contribution is 7.99. The Labute approximate surface area is 259 Å². The Balaban J connectivity index is 1.68. The number of thiophene rings is 1. The van der Waals surface area contributed by atoms with Crippen LogP contribution in [0.1, 0.15) is 48.0 Å². The largest absolute Gasteiger partial charge is 0.496 e. The summed E-state index contributed by atoms with van der Waals surface area (Å²) in [5, 5.41) is 14.7. The first-order valence-electron chi connectivity index (χ1n) is 13.7. The molecule has 0 aliphatic carbocycles. The minimum Gasteiger partial charge on any atom is -0.496 e. The van der Waals surface area contributed by atoms with Gasteiger partial charge in [-0.1, -0.05) is 44.2 Å². The van der Waals surface area contributed by atoms with Crippen LogP contribution in [0.5, 0.6) is 5.75 Å². The molecule has 0 fully saturated rings. The predicted molar refractivity (Wildman–Crippen MR) is 169 cm³/mol. The lowest BCUT2D eigenvalue weighted by Gasteiger charge is -2.25. The molecule has 1 aromatic heterocycles. The number of ketones is 2. The molecule has 3 aromatic rings. The summed E-state index contributed by atoms with van der Waals surface area (Å²) in [5.74, 6) is -1.99. The molecule has 9 nitrogen and oxygen atoms in total. The summed E-state index contributed by atoms with van der Waals surface area (Å²) in [6.45, 7) is 5.00. The number of carbonyl (C=O) groups excluding carboxylic acids is 4. The Kier molecular flexibility index (Phi) is 12.5. The van der Waals surface area contributed by atoms with E-state index in [-0.39, 0.29) is 23.9 Å². The van der Waals surface area contributed by atoms with Crippen molar-refractivity contribution >= 4 is 52.4 Å². The maximum Gasteiger partial charge on any atom is 0.305 e. The van der Waals surface area contributed by atoms with E-state index in [9.17, 15) is 29.1 Å². The van der Waals surface area contributed by atoms with Crippen LogP contribution in [-0.2, 0) is 31.4 Å². The molecule has 0 aliphatic rings. The van der Waals surface area contributed by atoms with E-state index in [1.807, 2.05) is 48.5 Å². The molecule has 3 N–H and O–H groups in total. The van der Waals surface area contributed by atoms with Gasteiger partial charge < -0.3 is 20.5 Å². The van der Waals surface area contributed by atoms with Gasteiger partial charge in [0, 0.05) is 16.2 Å². The lowest BCUT2D eigenvalue weighted by molar-refractivity contribution is -0.140. The molecular weight excluding hydrogens is 588 g/mol. The number of carboxylic acids is 1. The van der Waals surface area contributed by atoms with Gasteiger partial charge in [0.15, 0.2) is 11.6 Å². The van der Waals surface area contributed by atoms with Gasteiger partial charge in [-0.25, -0.2) is 0 Å². The van der Waals surface area contributed by atoms with Crippen LogP contribution in [-0.4, -0.2) is 59.4 Å². The number of carbonyl (C=O) groups is 5. The van der Waals surface area contributed by atoms with E-state index in [0.717, 1.165) is 16.0 Å². The standard InChI is InChI=1S/C32H36N2O7S2/c1-19(2)31(32(40)33-24(16-30(38)39)25(36)18-42-17-21-8-6-5-7-9-21)34-29(37)15-23-14-22(10-11-26(23)41-4)28-13-12-27(43-28)20(3)35/h5-14,19,24,31H,15-18H2,1-4H3,(H,33,40)(H,34,37)(H,38,39). The van der Waals surface area contributed by atoms with Crippen molar-refractivity contribution in [2.24, 2.45) is 5.92 Å². The van der Waals surface area contributed by atoms with Gasteiger partial charge in [-0.3, -0.25) is 24.0 Å². The van der Waals surface area contributed by atoms with Crippen LogP contribution in [0.25, 0.3) is 10.4 Å². The number of hydrogen-bond acceptors (Lipinski definition) is 8. The first-order chi connectivity index (χ1) is 20.5. The number of rotatable bonds is 16. The molecule has 0 aliphatic heterocycles. The van der Waals surface area contributed by atoms with Crippen molar-refractivity contribution in [3.63, 3.8) is 0 Å². The molecule has 0 saturated heterocycles. The number of carboxylic acid groups (broad SMARTS) is 1. The van der Waals surface area contributed by atoms with Crippen LogP contribution in [0.3, 0.4) is 0 Å². The van der Waals surface area contributed by atoms with Crippen molar-refractivity contribution in [2.75, 3.05) is 12.9 Å². The summed E-state index contributed by atoms with van der Waals surface area (Å²) in [5.41, 5.74) is 2.44. The first-order valence-corrected chi connectivity index (χ1v) is 15.7. The summed E-state index contributed by atoms with van der Waals surface area (Å²) in [4.78, 5) is 64.0. The zero-order chi connectivity index (χ0) is 31.5. The Morgan fingerprint density at radius 1 is 0.977 bits per heavy atom. The molecular formula is C32H36N2O7S2. The number of benzene rings is 2. The van der Waals surface area contributed by atoms with E-state index in [2.05, 4.69) is 10.6 Å². The van der Waals surface area contributed by atoms with Gasteiger partial charge in [0.25, 0.3) is 0 Å². The lowest BCUT2D eigenvalue weighted by atomic mass is 10.0. The fourth-order valence-corrected chi connectivity index (χ4v) is 6.14. The van der Waals surface area contributed by atoms with E-state index in [4.69, 9.17) is 4.74 Å². The molecule has 0 radical (unpaired) electrons. The molecule has 228 valence electrons. The highest BCUT2D eigenvalue weighted by atomic mass is 32.2. The average molecular weight is 625 g/mol. The van der Waals surface area contributed by atoms with Crippen LogP contribution in [0, 0.1) is 5.92 Å². The summed E-state index contributed by atoms with van der Waals surface area (Å²) in [7, 11) is 1.50. The van der Waals surface area contributed by atoms with Gasteiger partial charge in [0.1, 0.15) is 11.8 Å². The highest BCUT2D eigenvalue weighted by Gasteiger charge is 2.30. The molecule has 43 heavy (non-hydrogen) atoms. The monoisotopic (exact) mass is 624 g/mol. The third kappa shape index (κ3) is 10.1. The van der Waals surface area contributed by atoms with Crippen LogP contribution < -0.4 is 15.4 Å². The lowest BCUT2D eigenvalue weighted by Crippen LogP contribution is -2.54. The van der Waals surface area contributed by atoms with Crippen LogP contribution in [0.15, 0.2) is 60.7 Å². The van der Waals surface area contributed by atoms with Gasteiger partial charge in [-0.05, 0) is 54.3 Å². The molecule has 3 rings (SSSR count). The molecule has 1 heterocycles. The second-order valence-electron chi connectivity index (χ2n) is 10.3. The summed E-state index contributed by atoms with van der Waals surface area (Å²) >= 11 is 2.69. The van der Waals surface area contributed by atoms with Gasteiger partial charge in [-0.2, -0.15) is 0 Å². The van der Waals surface area contributed by atoms with Crippen LogP contribution >= 0.6 is 23.1 Å². The topological polar surface area (TPSA) is 139 Å². The molecule has 2 atom stereocenters. The minimum atomic E-state index is -1.23. The summed E-state index contributed by atoms with van der Waals surface area (Å²) in [6.07, 6.45) is -0.653. The Morgan fingerprint density at radius 3 is 2.30 bits per heavy atom. The molecule has 0 bridgehead atoms. The third-order valence-electron chi connectivity index (χ3n) is 6.57. The maximum absolute atomic E-state index is 13.3. The number of amides is 2. The van der Waals surface area contributed by atoms with E-state index >= 15 is 0 Å². The van der Waals surface area contributed by atoms with Crippen LogP contribution in [0.4, 0.5) is 0 Å². The second kappa shape index (κ2) is 16.0. The second-order valence-corrected chi connectivity index (χ2v) is 12.4. The molecule has 2 unspecified atom stereocenters. The Hall–Kier alpha value is -3.96. The smallest absolute Gasteiger partial charge is 0.305 e. The first kappa shape index (κ1) is 33.5. The van der Waals surface area contributed by atoms with Crippen molar-refractivity contribution in [3.05, 3.63) is 76.7 Å². The molecule has 11 heteroatoms. The minimum absolute atomic E-state index is 0.0272. The Morgan fingerprint density at radius 2 is 1.70 bits per heavy atom. The summed E-state index contributed by atoms with van der Waals surface area (Å²) < 4.78 is 5.45. The van der Waals surface area contributed by atoms with Crippen molar-refractivity contribution in [1.82, 2.24) is 10.6 Å². The SMILES string of the molecule is COc1ccc(-c2ccc(C(C)=O)s2)cc1CC(=O)NC(C(=O)NC(CC(=O)O)C(=O)CSCc1ccccc1)C(C)C. The number of methoxy groups -OCH3 is 1. The predicted octanol–water partition coefficient (Wildman–Crippen LogP) is 4.77. The van der Waals surface area contributed by atoms with E-state index < -0.39 is 42.1 Å². The zero-order valence-electron chi connectivity index (χ0n) is 24.5. The number of ether oxygens (including phenoxy) is 1. The quantitative estimate of drug-likeness (QED) is 0.194. The normalized spacial score (nSPS) is 12.3. The maximum atomic E-state index is 13.3. The molecule has 2 aromatic carbocycles. The van der Waals surface area contributed by atoms with Gasteiger partial charge in [0.2, 0.25) is 11.8 Å². The number of hydrogen-bond donors (Lipinski definition) is 3. The van der Waals surface area contributed by atoms with Crippen molar-refractivity contribution < 1.29 is 33.8 Å². The molecule has 0 spiro atoms. The average Bonchev–Trinajstić information content (AvgIpc) is 3.46. The molecule has 2 amide bonds. The van der Waals surface area contributed by atoms with Gasteiger partial charge in [-0.15, -0.1) is 23.1 Å². The van der Waals surface area contributed by atoms with Crippen molar-refractivity contribution in [1.29, 1.82) is 0 Å². The molecule has 0 saturated carbocycles. The summed E-state index contributed by atoms with van der Waals surface area (Å²) in [6, 6.07) is 16.3. The van der Waals surface area contributed by atoms with Crippen LogP contribution in [0.2, 0.25) is 0 Å². The fraction of sp³-hybridized carbons (Fsp3) is 0.344. The van der Waals surface area contributed by atoms with E-state index in [1.54, 1.807) is 26.0 Å². The Bertz CT molecular complexity index is 1450. The highest BCUT2D eigenvalue weighted by Crippen LogP contribution is 2.32. The van der Waals surface area contributed by atoms with Crippen molar-refractivity contribution in [3.8, 4) is 16.2 Å². The van der Waals surface area contributed by atoms with Gasteiger partial charge in [0.05, 0.1) is 36.6 Å². The zero-order valence-corrected chi connectivity index (χ0v) is 26.2. The number of nitrogens with one attached hydrogen (secondary N) is 2. The third-order valence-corrected chi connectivity index (χ3v) is 8.84.